The molecular weight excluding hydrogens is 270 g/mol. The van der Waals surface area contributed by atoms with Crippen LogP contribution in [0, 0.1) is 0 Å². The highest BCUT2D eigenvalue weighted by molar-refractivity contribution is 5.74. The fraction of sp³-hybridized carbons (Fsp3) is 0.214. The number of benzene rings is 1. The number of ether oxygens (including phenoxy) is 1. The highest BCUT2D eigenvalue weighted by Crippen LogP contribution is 2.12. The van der Waals surface area contributed by atoms with Gasteiger partial charge < -0.3 is 10.1 Å². The van der Waals surface area contributed by atoms with Crippen LogP contribution < -0.4 is 15.6 Å². The van der Waals surface area contributed by atoms with Gasteiger partial charge in [-0.1, -0.05) is 12.1 Å². The average molecular weight is 285 g/mol. The molecule has 3 aromatic rings. The van der Waals surface area contributed by atoms with E-state index in [-0.39, 0.29) is 5.56 Å². The minimum Gasteiger partial charge on any atom is -0.497 e. The van der Waals surface area contributed by atoms with Crippen molar-refractivity contribution in [2.45, 2.75) is 6.54 Å². The van der Waals surface area contributed by atoms with Crippen molar-refractivity contribution in [2.24, 2.45) is 7.05 Å². The van der Waals surface area contributed by atoms with Crippen LogP contribution in [0.3, 0.4) is 0 Å². The topological polar surface area (TPSA) is 84.8 Å². The van der Waals surface area contributed by atoms with E-state index in [0.29, 0.717) is 23.5 Å². The molecule has 0 radical (unpaired) electrons. The molecule has 0 aliphatic carbocycles. The van der Waals surface area contributed by atoms with E-state index in [0.717, 1.165) is 11.3 Å². The first kappa shape index (κ1) is 13.2. The number of rotatable bonds is 4. The molecule has 3 rings (SSSR count). The van der Waals surface area contributed by atoms with Gasteiger partial charge in [-0.15, -0.1) is 0 Å². The summed E-state index contributed by atoms with van der Waals surface area (Å²) in [5.74, 6) is 1.23. The van der Waals surface area contributed by atoms with Crippen molar-refractivity contribution in [2.75, 3.05) is 12.4 Å². The molecule has 0 spiro atoms. The number of anilines is 1. The Hall–Kier alpha value is -2.83. The predicted molar refractivity (Wildman–Crippen MR) is 79.5 cm³/mol. The van der Waals surface area contributed by atoms with Crippen molar-refractivity contribution in [1.82, 2.24) is 19.7 Å². The lowest BCUT2D eigenvalue weighted by atomic mass is 10.2. The molecular formula is C14H15N5O2. The lowest BCUT2D eigenvalue weighted by molar-refractivity contribution is 0.414. The number of methoxy groups -OCH3 is 1. The first-order valence-corrected chi connectivity index (χ1v) is 6.46. The van der Waals surface area contributed by atoms with Gasteiger partial charge in [0.05, 0.1) is 13.3 Å². The summed E-state index contributed by atoms with van der Waals surface area (Å²) in [6, 6.07) is 7.67. The molecule has 1 aromatic carbocycles. The summed E-state index contributed by atoms with van der Waals surface area (Å²) < 4.78 is 6.68. The highest BCUT2D eigenvalue weighted by atomic mass is 16.5. The Morgan fingerprint density at radius 3 is 2.81 bits per heavy atom. The first-order chi connectivity index (χ1) is 10.2. The zero-order valence-corrected chi connectivity index (χ0v) is 11.8. The van der Waals surface area contributed by atoms with Gasteiger partial charge in [0, 0.05) is 13.6 Å². The van der Waals surface area contributed by atoms with Gasteiger partial charge in [0.1, 0.15) is 11.1 Å². The number of nitrogens with one attached hydrogen (secondary N) is 2. The van der Waals surface area contributed by atoms with Crippen LogP contribution in [0.2, 0.25) is 0 Å². The van der Waals surface area contributed by atoms with Gasteiger partial charge in [-0.25, -0.2) is 0 Å². The average Bonchev–Trinajstić information content (AvgIpc) is 2.88. The highest BCUT2D eigenvalue weighted by Gasteiger charge is 2.07. The van der Waals surface area contributed by atoms with Crippen molar-refractivity contribution in [1.29, 1.82) is 0 Å². The fourth-order valence-electron chi connectivity index (χ4n) is 2.05. The molecule has 0 saturated carbocycles. The Labute approximate surface area is 120 Å². The van der Waals surface area contributed by atoms with Crippen LogP contribution in [0.4, 0.5) is 5.95 Å². The molecule has 0 fully saturated rings. The number of nitrogens with zero attached hydrogens (tertiary/aromatic N) is 3. The number of aromatic nitrogens is 4. The third-order valence-electron chi connectivity index (χ3n) is 3.22. The van der Waals surface area contributed by atoms with Crippen molar-refractivity contribution < 1.29 is 4.74 Å². The molecule has 7 heteroatoms. The van der Waals surface area contributed by atoms with E-state index in [4.69, 9.17) is 4.74 Å². The molecule has 108 valence electrons. The van der Waals surface area contributed by atoms with Gasteiger partial charge in [-0.2, -0.15) is 10.1 Å². The van der Waals surface area contributed by atoms with Crippen LogP contribution in [0.25, 0.3) is 11.0 Å². The lowest BCUT2D eigenvalue weighted by Crippen LogP contribution is -2.13. The van der Waals surface area contributed by atoms with Crippen LogP contribution in [-0.4, -0.2) is 26.9 Å². The normalized spacial score (nSPS) is 10.8. The van der Waals surface area contributed by atoms with Crippen LogP contribution in [-0.2, 0) is 13.6 Å². The quantitative estimate of drug-likeness (QED) is 0.754. The van der Waals surface area contributed by atoms with Gasteiger partial charge in [0.2, 0.25) is 5.95 Å². The Morgan fingerprint density at radius 1 is 1.33 bits per heavy atom. The second-order valence-electron chi connectivity index (χ2n) is 4.62. The molecule has 0 atom stereocenters. The van der Waals surface area contributed by atoms with Crippen molar-refractivity contribution in [3.63, 3.8) is 0 Å². The third-order valence-corrected chi connectivity index (χ3v) is 3.22. The van der Waals surface area contributed by atoms with E-state index < -0.39 is 0 Å². The van der Waals surface area contributed by atoms with Crippen LogP contribution >= 0.6 is 0 Å². The molecule has 21 heavy (non-hydrogen) atoms. The van der Waals surface area contributed by atoms with E-state index >= 15 is 0 Å². The number of hydrogen-bond donors (Lipinski definition) is 2. The van der Waals surface area contributed by atoms with Crippen LogP contribution in [0.15, 0.2) is 35.3 Å². The Balaban J connectivity index is 1.81. The lowest BCUT2D eigenvalue weighted by Gasteiger charge is -2.06. The van der Waals surface area contributed by atoms with E-state index in [1.54, 1.807) is 18.8 Å². The largest absolute Gasteiger partial charge is 0.497 e. The van der Waals surface area contributed by atoms with Gasteiger partial charge in [0.15, 0.2) is 5.65 Å². The molecule has 0 aliphatic heterocycles. The van der Waals surface area contributed by atoms with Crippen LogP contribution in [0.1, 0.15) is 5.56 Å². The second-order valence-corrected chi connectivity index (χ2v) is 4.62. The predicted octanol–water partition coefficient (Wildman–Crippen LogP) is 1.28. The first-order valence-electron chi connectivity index (χ1n) is 6.46. The summed E-state index contributed by atoms with van der Waals surface area (Å²) in [4.78, 5) is 19.0. The van der Waals surface area contributed by atoms with Gasteiger partial charge in [0.25, 0.3) is 5.56 Å². The number of H-pyrrole nitrogens is 1. The maximum atomic E-state index is 11.9. The van der Waals surface area contributed by atoms with Gasteiger partial charge in [-0.05, 0) is 17.7 Å². The Morgan fingerprint density at radius 2 is 2.10 bits per heavy atom. The second kappa shape index (κ2) is 5.28. The van der Waals surface area contributed by atoms with Crippen LogP contribution in [0.5, 0.6) is 5.75 Å². The van der Waals surface area contributed by atoms with E-state index in [1.807, 2.05) is 24.3 Å². The summed E-state index contributed by atoms with van der Waals surface area (Å²) in [5, 5.41) is 7.61. The SMILES string of the molecule is COc1ccc(CNc2nc3c(cnn3C)c(=O)[nH]2)cc1. The molecule has 2 heterocycles. The third kappa shape index (κ3) is 2.58. The number of aromatic amines is 1. The maximum absolute atomic E-state index is 11.9. The molecule has 0 unspecified atom stereocenters. The minimum atomic E-state index is -0.203. The van der Waals surface area contributed by atoms with E-state index in [2.05, 4.69) is 20.4 Å². The van der Waals surface area contributed by atoms with Crippen molar-refractivity contribution >= 4 is 17.0 Å². The monoisotopic (exact) mass is 285 g/mol. The van der Waals surface area contributed by atoms with E-state index in [1.165, 1.54) is 6.20 Å². The van der Waals surface area contributed by atoms with Crippen molar-refractivity contribution in [3.8, 4) is 5.75 Å². The fourth-order valence-corrected chi connectivity index (χ4v) is 2.05. The molecule has 0 aliphatic rings. The Kier molecular flexibility index (Phi) is 3.31. The molecule has 0 bridgehead atoms. The maximum Gasteiger partial charge on any atom is 0.263 e. The molecule has 0 amide bonds. The minimum absolute atomic E-state index is 0.203. The van der Waals surface area contributed by atoms with E-state index in [9.17, 15) is 4.79 Å². The zero-order valence-electron chi connectivity index (χ0n) is 11.8. The summed E-state index contributed by atoms with van der Waals surface area (Å²) in [6.45, 7) is 0.552. The number of hydrogen-bond acceptors (Lipinski definition) is 5. The molecule has 7 nitrogen and oxygen atoms in total. The molecule has 0 saturated heterocycles. The van der Waals surface area contributed by atoms with Crippen molar-refractivity contribution in [3.05, 3.63) is 46.4 Å². The molecule has 2 aromatic heterocycles. The number of fused-ring (bicyclic) bond motifs is 1. The Bertz CT molecular complexity index is 819. The number of aryl methyl sites for hydroxylation is 1. The summed E-state index contributed by atoms with van der Waals surface area (Å²) in [6.07, 6.45) is 1.51. The smallest absolute Gasteiger partial charge is 0.263 e. The summed E-state index contributed by atoms with van der Waals surface area (Å²) in [7, 11) is 3.38. The summed E-state index contributed by atoms with van der Waals surface area (Å²) >= 11 is 0. The van der Waals surface area contributed by atoms with Gasteiger partial charge in [-0.3, -0.25) is 14.5 Å². The molecule has 2 N–H and O–H groups in total. The zero-order chi connectivity index (χ0) is 14.8. The summed E-state index contributed by atoms with van der Waals surface area (Å²) in [5.41, 5.74) is 1.41. The van der Waals surface area contributed by atoms with Gasteiger partial charge >= 0.3 is 0 Å². The standard InChI is InChI=1S/C14H15N5O2/c1-19-12-11(8-16-19)13(20)18-14(17-12)15-7-9-3-5-10(21-2)6-4-9/h3-6,8H,7H2,1-2H3,(H2,15,17,18,20).